The fourth-order valence-electron chi connectivity index (χ4n) is 4.01. The molecule has 7 nitrogen and oxygen atoms in total. The highest BCUT2D eigenvalue weighted by Crippen LogP contribution is 2.34. The number of hydrogen-bond donors (Lipinski definition) is 1. The van der Waals surface area contributed by atoms with E-state index in [0.29, 0.717) is 18.2 Å². The van der Waals surface area contributed by atoms with Crippen molar-refractivity contribution in [3.05, 3.63) is 82.9 Å². The second kappa shape index (κ2) is 7.35. The molecular weight excluding hydrogens is 422 g/mol. The number of thiazole rings is 1. The average Bonchev–Trinajstić information content (AvgIpc) is 3.39. The van der Waals surface area contributed by atoms with E-state index in [0.717, 1.165) is 28.6 Å². The summed E-state index contributed by atoms with van der Waals surface area (Å²) in [6.07, 6.45) is 0. The summed E-state index contributed by atoms with van der Waals surface area (Å²) in [6, 6.07) is 20.0. The van der Waals surface area contributed by atoms with E-state index in [2.05, 4.69) is 44.6 Å². The van der Waals surface area contributed by atoms with Crippen molar-refractivity contribution in [3.63, 3.8) is 0 Å². The van der Waals surface area contributed by atoms with E-state index in [1.165, 1.54) is 27.7 Å². The van der Waals surface area contributed by atoms with Crippen LogP contribution in [0.25, 0.3) is 15.7 Å². The van der Waals surface area contributed by atoms with Crippen LogP contribution in [0.15, 0.2) is 66.0 Å². The molecule has 3 aromatic carbocycles. The van der Waals surface area contributed by atoms with Crippen molar-refractivity contribution in [1.82, 2.24) is 14.6 Å². The monoisotopic (exact) mass is 441 g/mol. The molecule has 0 bridgehead atoms. The van der Waals surface area contributed by atoms with Gasteiger partial charge in [-0.15, -0.1) is 16.4 Å². The predicted octanol–water partition coefficient (Wildman–Crippen LogP) is 4.86. The van der Waals surface area contributed by atoms with Gasteiger partial charge in [-0.05, 0) is 48.0 Å². The molecule has 158 valence electrons. The lowest BCUT2D eigenvalue weighted by atomic mass is 10.0. The zero-order valence-corrected chi connectivity index (χ0v) is 18.1. The van der Waals surface area contributed by atoms with Crippen LogP contribution in [-0.4, -0.2) is 27.2 Å². The van der Waals surface area contributed by atoms with E-state index in [-0.39, 0.29) is 5.91 Å². The van der Waals surface area contributed by atoms with E-state index >= 15 is 0 Å². The number of amides is 1. The average molecular weight is 442 g/mol. The van der Waals surface area contributed by atoms with Gasteiger partial charge >= 0.3 is 0 Å². The number of carbonyl (C=O) groups excluding carboxylic acids is 1. The Bertz CT molecular complexity index is 1470. The van der Waals surface area contributed by atoms with Crippen LogP contribution in [0.2, 0.25) is 0 Å². The minimum absolute atomic E-state index is 0.237. The predicted molar refractivity (Wildman–Crippen MR) is 126 cm³/mol. The van der Waals surface area contributed by atoms with Gasteiger partial charge in [-0.25, -0.2) is 4.52 Å². The van der Waals surface area contributed by atoms with Crippen LogP contribution in [-0.2, 0) is 6.54 Å². The van der Waals surface area contributed by atoms with Crippen molar-refractivity contribution in [2.45, 2.75) is 13.5 Å². The molecule has 0 saturated heterocycles. The number of nitrogens with zero attached hydrogens (tertiary/aromatic N) is 4. The quantitative estimate of drug-likeness (QED) is 0.433. The maximum atomic E-state index is 12.7. The van der Waals surface area contributed by atoms with E-state index < -0.39 is 0 Å². The standard InChI is InChI=1S/C24H19N5O2S/c1-15-13-32-24-26-23(27-29(15)24)25-22(30)17-6-9-18(10-7-17)28-12-20-19-5-3-2-4-16(19)8-11-21(20)31-14-28/h2-11,13H,12,14H2,1H3,(H,25,27,30). The number of fused-ring (bicyclic) bond motifs is 4. The zero-order chi connectivity index (χ0) is 21.7. The van der Waals surface area contributed by atoms with Gasteiger partial charge in [-0.2, -0.15) is 4.98 Å². The van der Waals surface area contributed by atoms with Crippen LogP contribution >= 0.6 is 11.3 Å². The van der Waals surface area contributed by atoms with Crippen LogP contribution in [0, 0.1) is 6.92 Å². The number of carbonyl (C=O) groups is 1. The molecule has 0 fully saturated rings. The van der Waals surface area contributed by atoms with Crippen LogP contribution in [0.3, 0.4) is 0 Å². The summed E-state index contributed by atoms with van der Waals surface area (Å²) in [5.74, 6) is 0.999. The zero-order valence-electron chi connectivity index (χ0n) is 17.3. The summed E-state index contributed by atoms with van der Waals surface area (Å²) in [5.41, 5.74) is 3.71. The number of rotatable bonds is 3. The third-order valence-electron chi connectivity index (χ3n) is 5.69. The Morgan fingerprint density at radius 3 is 2.78 bits per heavy atom. The van der Waals surface area contributed by atoms with Gasteiger partial charge in [0.1, 0.15) is 5.75 Å². The Kier molecular flexibility index (Phi) is 4.32. The van der Waals surface area contributed by atoms with Crippen molar-refractivity contribution >= 4 is 44.6 Å². The molecule has 0 spiro atoms. The van der Waals surface area contributed by atoms with Crippen molar-refractivity contribution in [1.29, 1.82) is 0 Å². The summed E-state index contributed by atoms with van der Waals surface area (Å²) in [5, 5.41) is 11.5. The van der Waals surface area contributed by atoms with Gasteiger partial charge in [0.05, 0.1) is 12.2 Å². The van der Waals surface area contributed by atoms with Gasteiger partial charge in [0, 0.05) is 22.2 Å². The molecule has 2 aromatic heterocycles. The van der Waals surface area contributed by atoms with Crippen LogP contribution in [0.4, 0.5) is 11.6 Å². The van der Waals surface area contributed by atoms with E-state index in [1.807, 2.05) is 48.7 Å². The van der Waals surface area contributed by atoms with E-state index in [4.69, 9.17) is 4.74 Å². The van der Waals surface area contributed by atoms with Crippen LogP contribution < -0.4 is 15.0 Å². The Labute approximate surface area is 187 Å². The Hall–Kier alpha value is -3.91. The van der Waals surface area contributed by atoms with Crippen molar-refractivity contribution < 1.29 is 9.53 Å². The Balaban J connectivity index is 1.21. The van der Waals surface area contributed by atoms with Gasteiger partial charge in [0.15, 0.2) is 6.73 Å². The smallest absolute Gasteiger partial charge is 0.258 e. The molecule has 32 heavy (non-hydrogen) atoms. The third kappa shape index (κ3) is 3.16. The number of anilines is 2. The third-order valence-corrected chi connectivity index (χ3v) is 6.62. The molecule has 0 radical (unpaired) electrons. The highest BCUT2D eigenvalue weighted by molar-refractivity contribution is 7.15. The summed E-state index contributed by atoms with van der Waals surface area (Å²) in [7, 11) is 0. The Morgan fingerprint density at radius 1 is 1.09 bits per heavy atom. The molecule has 0 atom stereocenters. The molecule has 6 rings (SSSR count). The van der Waals surface area contributed by atoms with Gasteiger partial charge in [-0.3, -0.25) is 10.1 Å². The first-order valence-corrected chi connectivity index (χ1v) is 11.1. The van der Waals surface area contributed by atoms with Crippen molar-refractivity contribution in [3.8, 4) is 5.75 Å². The first-order chi connectivity index (χ1) is 15.7. The summed E-state index contributed by atoms with van der Waals surface area (Å²) in [4.78, 5) is 19.9. The van der Waals surface area contributed by atoms with E-state index in [9.17, 15) is 4.79 Å². The van der Waals surface area contributed by atoms with Crippen molar-refractivity contribution in [2.24, 2.45) is 0 Å². The summed E-state index contributed by atoms with van der Waals surface area (Å²) >= 11 is 1.49. The Morgan fingerprint density at radius 2 is 1.94 bits per heavy atom. The number of aryl methyl sites for hydroxylation is 1. The number of benzene rings is 3. The largest absolute Gasteiger partial charge is 0.473 e. The minimum Gasteiger partial charge on any atom is -0.473 e. The molecule has 3 heterocycles. The number of nitrogens with one attached hydrogen (secondary N) is 1. The molecule has 1 aliphatic heterocycles. The fourth-order valence-corrected chi connectivity index (χ4v) is 4.81. The minimum atomic E-state index is -0.237. The highest BCUT2D eigenvalue weighted by Gasteiger charge is 2.20. The van der Waals surface area contributed by atoms with Crippen LogP contribution in [0.5, 0.6) is 5.75 Å². The summed E-state index contributed by atoms with van der Waals surface area (Å²) in [6.45, 7) is 3.16. The lowest BCUT2D eigenvalue weighted by Crippen LogP contribution is -2.32. The molecular formula is C24H19N5O2S. The normalized spacial score (nSPS) is 13.2. The van der Waals surface area contributed by atoms with Gasteiger partial charge in [0.2, 0.25) is 4.96 Å². The molecule has 0 aliphatic carbocycles. The highest BCUT2D eigenvalue weighted by atomic mass is 32.1. The molecule has 5 aromatic rings. The SMILES string of the molecule is Cc1csc2nc(NC(=O)c3ccc(N4COc5ccc6ccccc6c5C4)cc3)nn12. The topological polar surface area (TPSA) is 71.8 Å². The van der Waals surface area contributed by atoms with Gasteiger partial charge < -0.3 is 9.64 Å². The molecule has 1 aliphatic rings. The van der Waals surface area contributed by atoms with Crippen molar-refractivity contribution in [2.75, 3.05) is 16.9 Å². The van der Waals surface area contributed by atoms with Gasteiger partial charge in [0.25, 0.3) is 11.9 Å². The van der Waals surface area contributed by atoms with Gasteiger partial charge in [-0.1, -0.05) is 30.3 Å². The lowest BCUT2D eigenvalue weighted by molar-refractivity contribution is 0.102. The molecule has 1 amide bonds. The molecule has 8 heteroatoms. The van der Waals surface area contributed by atoms with E-state index in [1.54, 1.807) is 4.52 Å². The second-order valence-electron chi connectivity index (χ2n) is 7.74. The molecule has 0 unspecified atom stereocenters. The van der Waals surface area contributed by atoms with Crippen LogP contribution in [0.1, 0.15) is 21.6 Å². The lowest BCUT2D eigenvalue weighted by Gasteiger charge is -2.31. The second-order valence-corrected chi connectivity index (χ2v) is 8.58. The number of ether oxygens (including phenoxy) is 1. The first-order valence-electron chi connectivity index (χ1n) is 10.3. The summed E-state index contributed by atoms with van der Waals surface area (Å²) < 4.78 is 7.74. The molecule has 1 N–H and O–H groups in total. The molecule has 0 saturated carbocycles. The fraction of sp³-hybridized carbons (Fsp3) is 0.125. The number of hydrogen-bond acceptors (Lipinski definition) is 6. The maximum absolute atomic E-state index is 12.7. The number of aromatic nitrogens is 3. The maximum Gasteiger partial charge on any atom is 0.258 e. The first kappa shape index (κ1) is 18.8.